The molecule has 3 heterocycles. The van der Waals surface area contributed by atoms with Crippen LogP contribution in [0.15, 0.2) is 12.3 Å². The molecule has 2 aromatic rings. The van der Waals surface area contributed by atoms with Gasteiger partial charge in [0, 0.05) is 31.2 Å². The zero-order valence-corrected chi connectivity index (χ0v) is 13.4. The third-order valence-electron chi connectivity index (χ3n) is 4.27. The van der Waals surface area contributed by atoms with Gasteiger partial charge in [-0.1, -0.05) is 0 Å². The molecule has 0 saturated carbocycles. The minimum Gasteiger partial charge on any atom is -0.344 e. The minimum atomic E-state index is -0.0938. The SMILES string of the molecule is Cn1ccc(C(=O)NC2CN(c3nc4c(s3)CCCC4)C2)n1. The largest absolute Gasteiger partial charge is 0.344 e. The molecule has 1 aliphatic carbocycles. The fourth-order valence-corrected chi connectivity index (χ4v) is 4.16. The number of thiazole rings is 1. The van der Waals surface area contributed by atoms with Gasteiger partial charge in [0.05, 0.1) is 11.7 Å². The lowest BCUT2D eigenvalue weighted by molar-refractivity contribution is 0.0924. The van der Waals surface area contributed by atoms with E-state index in [-0.39, 0.29) is 11.9 Å². The van der Waals surface area contributed by atoms with E-state index in [1.165, 1.54) is 29.8 Å². The van der Waals surface area contributed by atoms with Gasteiger partial charge in [-0.25, -0.2) is 4.98 Å². The van der Waals surface area contributed by atoms with Crippen LogP contribution < -0.4 is 10.2 Å². The number of nitrogens with one attached hydrogen (secondary N) is 1. The zero-order chi connectivity index (χ0) is 15.1. The molecule has 0 aromatic carbocycles. The molecule has 116 valence electrons. The number of hydrogen-bond acceptors (Lipinski definition) is 5. The Morgan fingerprint density at radius 2 is 2.18 bits per heavy atom. The maximum absolute atomic E-state index is 12.0. The molecule has 2 aliphatic rings. The van der Waals surface area contributed by atoms with Crippen molar-refractivity contribution in [3.8, 4) is 0 Å². The second-order valence-electron chi connectivity index (χ2n) is 6.02. The van der Waals surface area contributed by atoms with Gasteiger partial charge in [0.1, 0.15) is 5.69 Å². The molecule has 1 aliphatic heterocycles. The number of anilines is 1. The van der Waals surface area contributed by atoms with E-state index in [1.54, 1.807) is 16.9 Å². The van der Waals surface area contributed by atoms with Crippen LogP contribution in [0.2, 0.25) is 0 Å². The van der Waals surface area contributed by atoms with Gasteiger partial charge in [-0.2, -0.15) is 5.10 Å². The second kappa shape index (κ2) is 5.39. The summed E-state index contributed by atoms with van der Waals surface area (Å²) in [6, 6.07) is 1.93. The Balaban J connectivity index is 1.34. The van der Waals surface area contributed by atoms with Crippen molar-refractivity contribution in [2.45, 2.75) is 31.7 Å². The number of amides is 1. The number of aryl methyl sites for hydroxylation is 3. The van der Waals surface area contributed by atoms with Crippen molar-refractivity contribution in [3.63, 3.8) is 0 Å². The Kier molecular flexibility index (Phi) is 3.37. The van der Waals surface area contributed by atoms with E-state index in [2.05, 4.69) is 15.3 Å². The van der Waals surface area contributed by atoms with Gasteiger partial charge in [-0.3, -0.25) is 9.48 Å². The van der Waals surface area contributed by atoms with E-state index < -0.39 is 0 Å². The fourth-order valence-electron chi connectivity index (χ4n) is 3.00. The van der Waals surface area contributed by atoms with Crippen molar-refractivity contribution in [3.05, 3.63) is 28.5 Å². The quantitative estimate of drug-likeness (QED) is 0.929. The lowest BCUT2D eigenvalue weighted by Crippen LogP contribution is -2.59. The molecule has 1 fully saturated rings. The third kappa shape index (κ3) is 2.49. The topological polar surface area (TPSA) is 63.1 Å². The van der Waals surface area contributed by atoms with Crippen LogP contribution in [-0.2, 0) is 19.9 Å². The molecule has 0 unspecified atom stereocenters. The highest BCUT2D eigenvalue weighted by Crippen LogP contribution is 2.33. The summed E-state index contributed by atoms with van der Waals surface area (Å²) in [6.45, 7) is 1.68. The Labute approximate surface area is 133 Å². The van der Waals surface area contributed by atoms with Crippen molar-refractivity contribution in [1.82, 2.24) is 20.1 Å². The number of carbonyl (C=O) groups excluding carboxylic acids is 1. The van der Waals surface area contributed by atoms with Gasteiger partial charge < -0.3 is 10.2 Å². The normalized spacial score (nSPS) is 18.0. The molecule has 4 rings (SSSR count). The van der Waals surface area contributed by atoms with Gasteiger partial charge in [-0.15, -0.1) is 11.3 Å². The molecule has 7 heteroatoms. The first-order valence-corrected chi connectivity index (χ1v) is 8.55. The smallest absolute Gasteiger partial charge is 0.272 e. The summed E-state index contributed by atoms with van der Waals surface area (Å²) >= 11 is 1.83. The summed E-state index contributed by atoms with van der Waals surface area (Å²) in [7, 11) is 1.81. The first kappa shape index (κ1) is 13.8. The Morgan fingerprint density at radius 3 is 2.91 bits per heavy atom. The van der Waals surface area contributed by atoms with Gasteiger partial charge >= 0.3 is 0 Å². The molecule has 0 atom stereocenters. The monoisotopic (exact) mass is 317 g/mol. The minimum absolute atomic E-state index is 0.0938. The summed E-state index contributed by atoms with van der Waals surface area (Å²) in [4.78, 5) is 20.5. The molecule has 22 heavy (non-hydrogen) atoms. The number of fused-ring (bicyclic) bond motifs is 1. The van der Waals surface area contributed by atoms with Crippen molar-refractivity contribution >= 4 is 22.4 Å². The van der Waals surface area contributed by atoms with Crippen molar-refractivity contribution in [2.75, 3.05) is 18.0 Å². The maximum Gasteiger partial charge on any atom is 0.272 e. The zero-order valence-electron chi connectivity index (χ0n) is 12.6. The number of hydrogen-bond donors (Lipinski definition) is 1. The van der Waals surface area contributed by atoms with E-state index in [0.717, 1.165) is 24.6 Å². The average Bonchev–Trinajstić information content (AvgIpc) is 3.07. The highest BCUT2D eigenvalue weighted by atomic mass is 32.1. The molecular formula is C15H19N5OS. The Morgan fingerprint density at radius 1 is 1.36 bits per heavy atom. The van der Waals surface area contributed by atoms with E-state index in [1.807, 2.05) is 18.4 Å². The van der Waals surface area contributed by atoms with Crippen LogP contribution in [0.25, 0.3) is 0 Å². The fraction of sp³-hybridized carbons (Fsp3) is 0.533. The number of carbonyl (C=O) groups is 1. The molecule has 0 radical (unpaired) electrons. The van der Waals surface area contributed by atoms with Crippen molar-refractivity contribution in [1.29, 1.82) is 0 Å². The molecule has 1 N–H and O–H groups in total. The van der Waals surface area contributed by atoms with Crippen LogP contribution in [-0.4, -0.2) is 39.8 Å². The average molecular weight is 317 g/mol. The summed E-state index contributed by atoms with van der Waals surface area (Å²) < 4.78 is 1.64. The second-order valence-corrected chi connectivity index (χ2v) is 7.09. The molecule has 0 spiro atoms. The van der Waals surface area contributed by atoms with Crippen LogP contribution in [0, 0.1) is 0 Å². The van der Waals surface area contributed by atoms with Crippen LogP contribution in [0.5, 0.6) is 0 Å². The highest BCUT2D eigenvalue weighted by Gasteiger charge is 2.31. The number of aromatic nitrogens is 3. The third-order valence-corrected chi connectivity index (χ3v) is 5.49. The molecule has 1 saturated heterocycles. The molecule has 0 bridgehead atoms. The summed E-state index contributed by atoms with van der Waals surface area (Å²) in [6.07, 6.45) is 6.64. The molecule has 2 aromatic heterocycles. The van der Waals surface area contributed by atoms with Crippen molar-refractivity contribution in [2.24, 2.45) is 7.05 Å². The highest BCUT2D eigenvalue weighted by molar-refractivity contribution is 7.15. The molecule has 1 amide bonds. The summed E-state index contributed by atoms with van der Waals surface area (Å²) in [5.74, 6) is -0.0938. The van der Waals surface area contributed by atoms with Crippen LogP contribution in [0.3, 0.4) is 0 Å². The number of rotatable bonds is 3. The standard InChI is InChI=1S/C15H19N5OS/c1-19-7-6-12(18-19)14(21)16-10-8-20(9-10)15-17-11-4-2-3-5-13(11)22-15/h6-7,10H,2-5,8-9H2,1H3,(H,16,21). The van der Waals surface area contributed by atoms with Crippen LogP contribution in [0.1, 0.15) is 33.9 Å². The molecular weight excluding hydrogens is 298 g/mol. The van der Waals surface area contributed by atoms with E-state index in [0.29, 0.717) is 5.69 Å². The van der Waals surface area contributed by atoms with Gasteiger partial charge in [0.25, 0.3) is 5.91 Å². The van der Waals surface area contributed by atoms with E-state index in [4.69, 9.17) is 4.98 Å². The maximum atomic E-state index is 12.0. The van der Waals surface area contributed by atoms with Gasteiger partial charge in [0.15, 0.2) is 5.13 Å². The summed E-state index contributed by atoms with van der Waals surface area (Å²) in [5.41, 5.74) is 1.78. The lowest BCUT2D eigenvalue weighted by atomic mass is 10.0. The lowest BCUT2D eigenvalue weighted by Gasteiger charge is -2.39. The van der Waals surface area contributed by atoms with E-state index >= 15 is 0 Å². The van der Waals surface area contributed by atoms with Crippen molar-refractivity contribution < 1.29 is 4.79 Å². The Hall–Kier alpha value is -1.89. The van der Waals surface area contributed by atoms with Gasteiger partial charge in [-0.05, 0) is 31.7 Å². The molecule has 6 nitrogen and oxygen atoms in total. The predicted octanol–water partition coefficient (Wildman–Crippen LogP) is 1.37. The van der Waals surface area contributed by atoms with Gasteiger partial charge in [0.2, 0.25) is 0 Å². The van der Waals surface area contributed by atoms with E-state index in [9.17, 15) is 4.79 Å². The number of nitrogens with zero attached hydrogens (tertiary/aromatic N) is 4. The van der Waals surface area contributed by atoms with Crippen LogP contribution >= 0.6 is 11.3 Å². The Bertz CT molecular complexity index is 677. The predicted molar refractivity (Wildman–Crippen MR) is 85.4 cm³/mol. The summed E-state index contributed by atoms with van der Waals surface area (Å²) in [5, 5.41) is 8.27. The van der Waals surface area contributed by atoms with Crippen LogP contribution in [0.4, 0.5) is 5.13 Å². The first-order chi connectivity index (χ1) is 10.7. The first-order valence-electron chi connectivity index (χ1n) is 7.73.